The minimum atomic E-state index is -0.121. The first-order valence-corrected chi connectivity index (χ1v) is 10.1. The van der Waals surface area contributed by atoms with Gasteiger partial charge in [-0.2, -0.15) is 0 Å². The van der Waals surface area contributed by atoms with E-state index in [4.69, 9.17) is 14.5 Å². The number of aromatic nitrogens is 3. The summed E-state index contributed by atoms with van der Waals surface area (Å²) in [4.78, 5) is 26.5. The van der Waals surface area contributed by atoms with Crippen molar-refractivity contribution in [2.45, 2.75) is 25.3 Å². The second kappa shape index (κ2) is 9.09. The van der Waals surface area contributed by atoms with Gasteiger partial charge in [0, 0.05) is 43.0 Å². The number of rotatable bonds is 6. The molecule has 0 amide bonds. The van der Waals surface area contributed by atoms with Gasteiger partial charge in [-0.1, -0.05) is 6.07 Å². The second-order valence-corrected chi connectivity index (χ2v) is 7.52. The second-order valence-electron chi connectivity index (χ2n) is 7.52. The topological polar surface area (TPSA) is 80.3 Å². The van der Waals surface area contributed by atoms with Crippen molar-refractivity contribution in [3.8, 4) is 22.8 Å². The van der Waals surface area contributed by atoms with Crippen LogP contribution in [-0.2, 0) is 6.54 Å². The maximum absolute atomic E-state index is 12.3. The van der Waals surface area contributed by atoms with Gasteiger partial charge in [-0.25, -0.2) is 4.98 Å². The number of nitrogens with zero attached hydrogens (tertiary/aromatic N) is 3. The van der Waals surface area contributed by atoms with Gasteiger partial charge in [0.05, 0.1) is 19.9 Å². The zero-order valence-electron chi connectivity index (χ0n) is 17.3. The molecule has 0 spiro atoms. The highest BCUT2D eigenvalue weighted by Gasteiger charge is 2.24. The quantitative estimate of drug-likeness (QED) is 0.677. The molecule has 2 aromatic heterocycles. The number of hydrogen-bond acceptors (Lipinski definition) is 6. The standard InChI is InChI=1S/C23H26N4O3/c1-29-20-6-5-16(12-21(20)30-2)14-27-11-3-4-18(15-27)23-25-19(13-22(28)26-23)17-7-9-24-10-8-17/h5-10,12-13,18H,3-4,11,14-15H2,1-2H3,(H,25,26,28). The first-order chi connectivity index (χ1) is 14.7. The number of methoxy groups -OCH3 is 2. The predicted molar refractivity (Wildman–Crippen MR) is 115 cm³/mol. The number of pyridine rings is 1. The van der Waals surface area contributed by atoms with E-state index < -0.39 is 0 Å². The lowest BCUT2D eigenvalue weighted by molar-refractivity contribution is 0.196. The number of likely N-dealkylation sites (tertiary alicyclic amines) is 1. The summed E-state index contributed by atoms with van der Waals surface area (Å²) in [6.07, 6.45) is 5.49. The van der Waals surface area contributed by atoms with Gasteiger partial charge in [0.25, 0.3) is 5.56 Å². The van der Waals surface area contributed by atoms with E-state index in [1.807, 2.05) is 24.3 Å². The molecular formula is C23H26N4O3. The third-order valence-electron chi connectivity index (χ3n) is 5.48. The van der Waals surface area contributed by atoms with E-state index in [-0.39, 0.29) is 11.5 Å². The van der Waals surface area contributed by atoms with E-state index in [2.05, 4.69) is 20.9 Å². The Morgan fingerprint density at radius 2 is 1.90 bits per heavy atom. The zero-order valence-corrected chi connectivity index (χ0v) is 17.3. The van der Waals surface area contributed by atoms with Crippen molar-refractivity contribution in [2.75, 3.05) is 27.3 Å². The largest absolute Gasteiger partial charge is 0.493 e. The van der Waals surface area contributed by atoms with Crippen molar-refractivity contribution in [3.63, 3.8) is 0 Å². The summed E-state index contributed by atoms with van der Waals surface area (Å²) in [6, 6.07) is 11.3. The summed E-state index contributed by atoms with van der Waals surface area (Å²) in [7, 11) is 3.29. The van der Waals surface area contributed by atoms with Crippen LogP contribution in [0.3, 0.4) is 0 Å². The molecule has 1 aliphatic heterocycles. The SMILES string of the molecule is COc1ccc(CN2CCCC(c3nc(-c4ccncc4)cc(=O)[nH]3)C2)cc1OC. The fraction of sp³-hybridized carbons (Fsp3) is 0.348. The Labute approximate surface area is 175 Å². The molecule has 0 radical (unpaired) electrons. The van der Waals surface area contributed by atoms with Crippen LogP contribution >= 0.6 is 0 Å². The number of ether oxygens (including phenoxy) is 2. The van der Waals surface area contributed by atoms with Gasteiger partial charge in [0.1, 0.15) is 5.82 Å². The van der Waals surface area contributed by atoms with Crippen LogP contribution in [0, 0.1) is 0 Å². The van der Waals surface area contributed by atoms with Crippen molar-refractivity contribution in [1.29, 1.82) is 0 Å². The molecule has 0 saturated carbocycles. The smallest absolute Gasteiger partial charge is 0.251 e. The Kier molecular flexibility index (Phi) is 6.09. The van der Waals surface area contributed by atoms with Crippen LogP contribution < -0.4 is 15.0 Å². The van der Waals surface area contributed by atoms with E-state index in [1.54, 1.807) is 32.7 Å². The Hall–Kier alpha value is -3.19. The van der Waals surface area contributed by atoms with Crippen molar-refractivity contribution in [3.05, 3.63) is 70.5 Å². The monoisotopic (exact) mass is 406 g/mol. The van der Waals surface area contributed by atoms with Crippen molar-refractivity contribution < 1.29 is 9.47 Å². The van der Waals surface area contributed by atoms with Gasteiger partial charge in [-0.3, -0.25) is 14.7 Å². The molecule has 3 aromatic rings. The van der Waals surface area contributed by atoms with Gasteiger partial charge in [-0.15, -0.1) is 0 Å². The number of aromatic amines is 1. The number of hydrogen-bond donors (Lipinski definition) is 1. The summed E-state index contributed by atoms with van der Waals surface area (Å²) in [6.45, 7) is 2.67. The first kappa shape index (κ1) is 20.1. The molecule has 7 heteroatoms. The first-order valence-electron chi connectivity index (χ1n) is 10.1. The number of piperidine rings is 1. The molecule has 1 N–H and O–H groups in total. The molecular weight excluding hydrogens is 380 g/mol. The van der Waals surface area contributed by atoms with Crippen molar-refractivity contribution in [2.24, 2.45) is 0 Å². The van der Waals surface area contributed by atoms with Gasteiger partial charge in [-0.05, 0) is 49.2 Å². The van der Waals surface area contributed by atoms with Gasteiger partial charge >= 0.3 is 0 Å². The lowest BCUT2D eigenvalue weighted by Gasteiger charge is -2.32. The molecule has 0 bridgehead atoms. The lowest BCUT2D eigenvalue weighted by atomic mass is 9.96. The Balaban J connectivity index is 1.52. The maximum Gasteiger partial charge on any atom is 0.251 e. The number of H-pyrrole nitrogens is 1. The van der Waals surface area contributed by atoms with Crippen LogP contribution in [-0.4, -0.2) is 47.2 Å². The van der Waals surface area contributed by atoms with Crippen LogP contribution in [0.5, 0.6) is 11.5 Å². The fourth-order valence-electron chi connectivity index (χ4n) is 4.00. The van der Waals surface area contributed by atoms with Crippen LogP contribution in [0.25, 0.3) is 11.3 Å². The van der Waals surface area contributed by atoms with E-state index in [0.29, 0.717) is 5.69 Å². The molecule has 156 valence electrons. The number of benzene rings is 1. The molecule has 3 heterocycles. The average molecular weight is 406 g/mol. The van der Waals surface area contributed by atoms with Gasteiger partial charge < -0.3 is 14.5 Å². The molecule has 4 rings (SSSR count). The highest BCUT2D eigenvalue weighted by atomic mass is 16.5. The lowest BCUT2D eigenvalue weighted by Crippen LogP contribution is -2.35. The van der Waals surface area contributed by atoms with E-state index in [9.17, 15) is 4.79 Å². The van der Waals surface area contributed by atoms with Crippen molar-refractivity contribution in [1.82, 2.24) is 19.9 Å². The molecule has 1 unspecified atom stereocenters. The molecule has 1 saturated heterocycles. The molecule has 30 heavy (non-hydrogen) atoms. The molecule has 1 aliphatic rings. The Morgan fingerprint density at radius 1 is 1.10 bits per heavy atom. The van der Waals surface area contributed by atoms with E-state index in [0.717, 1.165) is 55.4 Å². The van der Waals surface area contributed by atoms with E-state index in [1.165, 1.54) is 5.56 Å². The highest BCUT2D eigenvalue weighted by molar-refractivity contribution is 5.57. The van der Waals surface area contributed by atoms with Crippen LogP contribution in [0.4, 0.5) is 0 Å². The highest BCUT2D eigenvalue weighted by Crippen LogP contribution is 2.30. The Bertz CT molecular complexity index is 1050. The molecule has 1 aromatic carbocycles. The number of nitrogens with one attached hydrogen (secondary N) is 1. The Morgan fingerprint density at radius 3 is 2.67 bits per heavy atom. The minimum absolute atomic E-state index is 0.121. The van der Waals surface area contributed by atoms with Crippen LogP contribution in [0.1, 0.15) is 30.1 Å². The summed E-state index contributed by atoms with van der Waals surface area (Å²) >= 11 is 0. The molecule has 1 fully saturated rings. The summed E-state index contributed by atoms with van der Waals surface area (Å²) in [5.41, 5.74) is 2.63. The summed E-state index contributed by atoms with van der Waals surface area (Å²) in [5.74, 6) is 2.41. The maximum atomic E-state index is 12.3. The van der Waals surface area contributed by atoms with Crippen LogP contribution in [0.15, 0.2) is 53.6 Å². The van der Waals surface area contributed by atoms with Crippen LogP contribution in [0.2, 0.25) is 0 Å². The summed E-state index contributed by atoms with van der Waals surface area (Å²) in [5, 5.41) is 0. The minimum Gasteiger partial charge on any atom is -0.493 e. The van der Waals surface area contributed by atoms with Gasteiger partial charge in [0.2, 0.25) is 0 Å². The zero-order chi connectivity index (χ0) is 20.9. The average Bonchev–Trinajstić information content (AvgIpc) is 2.79. The fourth-order valence-corrected chi connectivity index (χ4v) is 4.00. The third-order valence-corrected chi connectivity index (χ3v) is 5.48. The molecule has 0 aliphatic carbocycles. The van der Waals surface area contributed by atoms with Crippen molar-refractivity contribution >= 4 is 0 Å². The molecule has 7 nitrogen and oxygen atoms in total. The predicted octanol–water partition coefficient (Wildman–Crippen LogP) is 3.23. The normalized spacial score (nSPS) is 16.9. The van der Waals surface area contributed by atoms with E-state index >= 15 is 0 Å². The van der Waals surface area contributed by atoms with Gasteiger partial charge in [0.15, 0.2) is 11.5 Å². The summed E-state index contributed by atoms with van der Waals surface area (Å²) < 4.78 is 10.8. The molecule has 1 atom stereocenters. The third kappa shape index (κ3) is 4.52.